The Bertz CT molecular complexity index is 3970. The number of carboxylic acid groups (broad SMARTS) is 4. The zero-order valence-corrected chi connectivity index (χ0v) is 61.1. The topological polar surface area (TPSA) is 604 Å². The molecule has 0 bridgehead atoms. The summed E-state index contributed by atoms with van der Waals surface area (Å²) in [6.45, 7) is 10.0. The number of aliphatic hydroxyl groups excluding tert-OH is 2. The van der Waals surface area contributed by atoms with E-state index >= 15 is 0 Å². The van der Waals surface area contributed by atoms with E-state index in [9.17, 15) is 93.0 Å². The van der Waals surface area contributed by atoms with E-state index in [1.54, 1.807) is 19.9 Å². The van der Waals surface area contributed by atoms with Gasteiger partial charge in [-0.05, 0) is 98.6 Å². The first kappa shape index (κ1) is 84.8. The van der Waals surface area contributed by atoms with Gasteiger partial charge in [-0.2, -0.15) is 4.98 Å². The van der Waals surface area contributed by atoms with Crippen molar-refractivity contribution in [2.24, 2.45) is 33.7 Å². The number of aromatic amines is 1. The van der Waals surface area contributed by atoms with Crippen LogP contribution in [0, 0.1) is 24.2 Å². The maximum absolute atomic E-state index is 14.0. The number of aliphatic hydroxyl groups is 2. The van der Waals surface area contributed by atoms with Crippen molar-refractivity contribution < 1.29 is 102 Å². The fourth-order valence-corrected chi connectivity index (χ4v) is 13.5. The lowest BCUT2D eigenvalue weighted by atomic mass is 9.73. The summed E-state index contributed by atoms with van der Waals surface area (Å²) in [5.74, 6) is -15.8. The Morgan fingerprint density at radius 3 is 2.11 bits per heavy atom. The van der Waals surface area contributed by atoms with Crippen LogP contribution in [0.5, 0.6) is 0 Å². The van der Waals surface area contributed by atoms with E-state index in [0.29, 0.717) is 70.2 Å². The molecule has 0 aliphatic carbocycles. The number of nitrogens with one attached hydrogen (secondary N) is 7. The van der Waals surface area contributed by atoms with E-state index in [0.717, 1.165) is 5.01 Å². The number of anilines is 2. The maximum Gasteiger partial charge on any atom is 0.521 e. The number of aryl methyl sites for hydroxylation is 1. The first-order valence-corrected chi connectivity index (χ1v) is 36.5. The van der Waals surface area contributed by atoms with Crippen LogP contribution in [0.4, 0.5) is 16.4 Å². The number of Topliss-reactive ketones (excluding diaryl/α,β-unsaturated/α-hetero) is 1. The van der Waals surface area contributed by atoms with Crippen molar-refractivity contribution in [1.29, 1.82) is 0 Å². The molecule has 6 rings (SSSR count). The number of thiazole rings is 1. The minimum absolute atomic E-state index is 0.00429. The van der Waals surface area contributed by atoms with Gasteiger partial charge in [0.25, 0.3) is 11.5 Å². The Morgan fingerprint density at radius 2 is 1.48 bits per heavy atom. The first-order valence-electron chi connectivity index (χ1n) is 33.4. The molecule has 106 heavy (non-hydrogen) atoms. The summed E-state index contributed by atoms with van der Waals surface area (Å²) in [5.41, 5.74) is 16.6. The van der Waals surface area contributed by atoms with Crippen LogP contribution >= 0.6 is 33.2 Å². The molecule has 19 N–H and O–H groups in total. The third kappa shape index (κ3) is 26.2. The number of aliphatic imine (C=N–C) groups is 1. The van der Waals surface area contributed by atoms with Crippen LogP contribution in [0.3, 0.4) is 0 Å². The molecule has 5 amide bonds. The Balaban J connectivity index is 1.02. The molecule has 2 saturated heterocycles. The maximum atomic E-state index is 14.0. The molecule has 578 valence electrons. The average Bonchev–Trinajstić information content (AvgIpc) is 1.60. The van der Waals surface area contributed by atoms with Crippen molar-refractivity contribution >= 4 is 139 Å². The van der Waals surface area contributed by atoms with Gasteiger partial charge in [-0.25, -0.2) is 29.3 Å². The van der Waals surface area contributed by atoms with Crippen molar-refractivity contribution in [2.75, 3.05) is 36.5 Å². The second-order valence-electron chi connectivity index (χ2n) is 25.9. The molecule has 0 spiro atoms. The molecule has 41 heteroatoms. The number of carbonyl (C=O) groups is 12. The molecule has 3 unspecified atom stereocenters. The number of aliphatic carboxylic acids is 4. The number of nitrogens with zero attached hydrogens (tertiary/aromatic N) is 6. The summed E-state index contributed by atoms with van der Waals surface area (Å²) in [4.78, 5) is 194. The highest BCUT2D eigenvalue weighted by Crippen LogP contribution is 2.40. The number of rotatable bonds is 34. The van der Waals surface area contributed by atoms with Crippen LogP contribution in [-0.2, 0) is 68.1 Å². The van der Waals surface area contributed by atoms with E-state index in [1.807, 2.05) is 24.1 Å². The van der Waals surface area contributed by atoms with E-state index in [-0.39, 0.29) is 85.7 Å². The molecule has 3 aromatic heterocycles. The second-order valence-corrected chi connectivity index (χ2v) is 28.9. The molecule has 0 saturated carbocycles. The largest absolute Gasteiger partial charge is 0.521 e. The highest BCUT2D eigenvalue weighted by Gasteiger charge is 2.49. The van der Waals surface area contributed by atoms with Gasteiger partial charge in [0.15, 0.2) is 17.1 Å². The summed E-state index contributed by atoms with van der Waals surface area (Å²) in [7, 11) is 0.612. The van der Waals surface area contributed by atoms with Crippen LogP contribution < -0.4 is 54.7 Å². The number of amides is 5. The zero-order valence-electron chi connectivity index (χ0n) is 58.6. The van der Waals surface area contributed by atoms with Crippen molar-refractivity contribution in [3.63, 3.8) is 0 Å². The van der Waals surface area contributed by atoms with Crippen molar-refractivity contribution in [3.8, 4) is 0 Å². The predicted octanol–water partition coefficient (Wildman–Crippen LogP) is 0.733. The molecule has 2 aliphatic heterocycles. The number of benzene rings is 1. The van der Waals surface area contributed by atoms with Gasteiger partial charge >= 0.3 is 36.0 Å². The number of esters is 1. The van der Waals surface area contributed by atoms with Gasteiger partial charge in [-0.3, -0.25) is 62.8 Å². The molecule has 38 nitrogen and oxygen atoms in total. The predicted molar refractivity (Wildman–Crippen MR) is 383 cm³/mol. The number of hydrogen-bond acceptors (Lipinski definition) is 29. The van der Waals surface area contributed by atoms with Gasteiger partial charge < -0.3 is 93.4 Å². The number of H-pyrrole nitrogens is 1. The minimum atomic E-state index is -2.05. The number of ether oxygens (including phenoxy) is 2. The summed E-state index contributed by atoms with van der Waals surface area (Å²) in [5, 5.41) is 78.8. The monoisotopic (exact) mass is 1540 g/mol. The quantitative estimate of drug-likeness (QED) is 0.00583. The second kappa shape index (κ2) is 39.9. The summed E-state index contributed by atoms with van der Waals surface area (Å²) in [6, 6.07) is -3.92. The molecule has 13 atom stereocenters. The third-order valence-electron chi connectivity index (χ3n) is 17.5. The lowest BCUT2D eigenvalue weighted by molar-refractivity contribution is -0.155. The number of carboxylic acids is 4. The summed E-state index contributed by atoms with van der Waals surface area (Å²) >= 11 is 1.81. The Hall–Kier alpha value is -10.1. The van der Waals surface area contributed by atoms with E-state index in [2.05, 4.69) is 61.8 Å². The van der Waals surface area contributed by atoms with Gasteiger partial charge in [-0.15, -0.1) is 11.3 Å². The van der Waals surface area contributed by atoms with E-state index in [4.69, 9.17) is 30.9 Å². The third-order valence-corrected chi connectivity index (χ3v) is 20.0. The number of carbonyl (C=O) groups excluding carboxylic acids is 8. The molecule has 2 aliphatic rings. The average molecular weight is 1540 g/mol. The zero-order chi connectivity index (χ0) is 78.3. The van der Waals surface area contributed by atoms with Gasteiger partial charge in [0.2, 0.25) is 29.6 Å². The highest BCUT2D eigenvalue weighted by atomic mass is 33.1. The SMILES string of the molecule is C/C(=C\c1csc(C)n1)[C@@H]1CC2[C@@H](CCC[C@H](C)[C@H](O)[C@@H](C)C(=O)C(C)(C)[C@@H](O)CC(=O)O1)N2CCOC(=O)OSSCC(NC(=O)[C@H](CC(=O)O)NC(=O)[C@H](CCCN=C(N)N)NC(=O)[C@H](CC(=O)O)NC(=O)CC[C@H](NC(=O)c1ccc(NCc2cnc3nc(N)[nH]c(=O)c3n2)cc1)C(=O)O)C(=O)O. The van der Waals surface area contributed by atoms with Crippen LogP contribution in [-0.4, -0.2) is 224 Å². The molecular weight excluding hydrogens is 1450 g/mol. The number of fused-ring (bicyclic) bond motifs is 2. The summed E-state index contributed by atoms with van der Waals surface area (Å²) < 4.78 is 16.5. The first-order chi connectivity index (χ1) is 50.0. The number of nitrogen functional groups attached to an aromatic ring is 1. The normalized spacial score (nSPS) is 21.1. The number of cyclic esters (lactones) is 1. The van der Waals surface area contributed by atoms with Gasteiger partial charge in [0.05, 0.1) is 66.0 Å². The van der Waals surface area contributed by atoms with Gasteiger partial charge in [-0.1, -0.05) is 34.1 Å². The van der Waals surface area contributed by atoms with Crippen LogP contribution in [0.1, 0.15) is 132 Å². The number of hydrogen-bond donors (Lipinski definition) is 16. The smallest absolute Gasteiger partial charge is 0.481 e. The fraction of sp³-hybridized carbons (Fsp3) is 0.538. The highest BCUT2D eigenvalue weighted by molar-refractivity contribution is 8.75. The van der Waals surface area contributed by atoms with Crippen molar-refractivity contribution in [1.82, 2.24) is 56.4 Å². The van der Waals surface area contributed by atoms with Gasteiger partial charge in [0.1, 0.15) is 59.8 Å². The standard InChI is InChI=1S/C65H88N16O22S3/c1-30-9-7-11-43-44(24-45(31(2)21-36-28-104-33(4)72-36)102-50(88)25-46(82)65(5,6)53(90)32(3)52(30)89)81(43)19-20-101-64(100)103-106-105-29-42(61(98)99)78-58(94)41(23-49(86)87)77-56(92)38(10-8-18-69-62(66)67)75-57(93)40(22-48(84)85)74-47(83)17-16-39(60(96)97)76-55(91)34-12-14-35(15-13-34)70-26-37-27-71-54-51(73-37)59(95)80-63(68)79-54/h12-15,21,27-28,30,32,38-46,52,70,82,89H,7-11,16-20,22-26,29H2,1-6H3,(H,74,83)(H,75,93)(H,76,91)(H,77,92)(H,78,94)(H,84,85)(H,86,87)(H,96,97)(H,98,99)(H4,66,67,69)(H3,68,71,79,80,95)/b31-21+/t30-,32+,38-,39-,40-,41-,42?,43+,44?,45-,46-,52-,81?/m0/s1. The number of guanidine groups is 1. The van der Waals surface area contributed by atoms with Crippen molar-refractivity contribution in [2.45, 2.75) is 179 Å². The van der Waals surface area contributed by atoms with E-state index in [1.165, 1.54) is 55.6 Å². The summed E-state index contributed by atoms with van der Waals surface area (Å²) in [6.07, 6.45) is -3.73. The number of nitrogens with two attached hydrogens (primary N) is 3. The van der Waals surface area contributed by atoms with E-state index < -0.39 is 175 Å². The number of aromatic nitrogens is 5. The Morgan fingerprint density at radius 1 is 0.840 bits per heavy atom. The molecular formula is C65H88N16O22S3. The van der Waals surface area contributed by atoms with Gasteiger partial charge in [0, 0.05) is 66.3 Å². The molecule has 2 fully saturated rings. The fourth-order valence-electron chi connectivity index (χ4n) is 11.5. The Labute approximate surface area is 618 Å². The lowest BCUT2D eigenvalue weighted by Gasteiger charge is -2.34. The van der Waals surface area contributed by atoms with Crippen LogP contribution in [0.15, 0.2) is 51.2 Å². The molecule has 4 aromatic rings. The molecule has 1 aromatic carbocycles. The van der Waals surface area contributed by atoms with Crippen LogP contribution in [0.25, 0.3) is 17.2 Å². The minimum Gasteiger partial charge on any atom is -0.481 e. The lowest BCUT2D eigenvalue weighted by Crippen LogP contribution is -2.58. The molecule has 5 heterocycles. The van der Waals surface area contributed by atoms with Crippen molar-refractivity contribution in [3.05, 3.63) is 73.7 Å². The van der Waals surface area contributed by atoms with Crippen LogP contribution in [0.2, 0.25) is 0 Å². The Kier molecular flexibility index (Phi) is 31.9. The number of ketones is 1. The molecule has 0 radical (unpaired) electrons.